The van der Waals surface area contributed by atoms with E-state index >= 15 is 0 Å². The van der Waals surface area contributed by atoms with Gasteiger partial charge in [-0.1, -0.05) is 35.5 Å². The molecule has 2 heterocycles. The molecule has 0 aromatic heterocycles. The number of hydrogen-bond acceptors (Lipinski definition) is 7. The number of nitro benzene ring substituents is 1. The third kappa shape index (κ3) is 3.07. The van der Waals surface area contributed by atoms with Crippen LogP contribution in [0, 0.1) is 10.1 Å². The average Bonchev–Trinajstić information content (AvgIpc) is 3.34. The van der Waals surface area contributed by atoms with Crippen LogP contribution in [0.4, 0.5) is 10.5 Å². The summed E-state index contributed by atoms with van der Waals surface area (Å²) in [6, 6.07) is 15.0. The van der Waals surface area contributed by atoms with Crippen LogP contribution in [0.1, 0.15) is 17.0 Å². The van der Waals surface area contributed by atoms with Crippen molar-refractivity contribution in [2.75, 3.05) is 13.2 Å². The van der Waals surface area contributed by atoms with Crippen LogP contribution in [0.3, 0.4) is 0 Å². The molecule has 0 bridgehead atoms. The predicted molar refractivity (Wildman–Crippen MR) is 96.8 cm³/mol. The lowest BCUT2D eigenvalue weighted by atomic mass is 9.85. The molecule has 1 saturated heterocycles. The number of carbonyl (C=O) groups is 2. The molecule has 9 nitrogen and oxygen atoms in total. The number of non-ortho nitro benzene ring substituents is 1. The van der Waals surface area contributed by atoms with Crippen molar-refractivity contribution >= 4 is 23.4 Å². The first-order chi connectivity index (χ1) is 13.6. The minimum absolute atomic E-state index is 0.0491. The minimum Gasteiger partial charge on any atom is -0.447 e. The molecular weight excluding hydrogens is 366 g/mol. The fourth-order valence-electron chi connectivity index (χ4n) is 3.29. The number of oxime groups is 1. The van der Waals surface area contributed by atoms with Crippen LogP contribution in [-0.2, 0) is 14.4 Å². The first kappa shape index (κ1) is 17.7. The maximum atomic E-state index is 12.9. The highest BCUT2D eigenvalue weighted by molar-refractivity contribution is 6.10. The molecule has 0 aliphatic carbocycles. The highest BCUT2D eigenvalue weighted by Crippen LogP contribution is 2.34. The lowest BCUT2D eigenvalue weighted by Gasteiger charge is -2.21. The molecule has 2 aromatic rings. The van der Waals surface area contributed by atoms with Crippen molar-refractivity contribution in [3.05, 3.63) is 75.8 Å². The molecule has 28 heavy (non-hydrogen) atoms. The van der Waals surface area contributed by atoms with Crippen molar-refractivity contribution in [1.29, 1.82) is 0 Å². The van der Waals surface area contributed by atoms with E-state index in [4.69, 9.17) is 9.57 Å². The zero-order valence-electron chi connectivity index (χ0n) is 14.6. The van der Waals surface area contributed by atoms with Gasteiger partial charge >= 0.3 is 6.09 Å². The molecule has 0 spiro atoms. The van der Waals surface area contributed by atoms with Gasteiger partial charge in [-0.05, 0) is 17.7 Å². The van der Waals surface area contributed by atoms with Crippen molar-refractivity contribution in [3.8, 4) is 0 Å². The van der Waals surface area contributed by atoms with Gasteiger partial charge in [0.25, 0.3) is 11.6 Å². The monoisotopic (exact) mass is 381 g/mol. The summed E-state index contributed by atoms with van der Waals surface area (Å²) < 4.78 is 4.84. The predicted octanol–water partition coefficient (Wildman–Crippen LogP) is 2.46. The zero-order valence-corrected chi connectivity index (χ0v) is 14.6. The van der Waals surface area contributed by atoms with Crippen LogP contribution in [0.2, 0.25) is 0 Å². The molecule has 0 radical (unpaired) electrons. The van der Waals surface area contributed by atoms with Crippen molar-refractivity contribution in [2.24, 2.45) is 5.16 Å². The molecule has 0 N–H and O–H groups in total. The van der Waals surface area contributed by atoms with Crippen LogP contribution in [-0.4, -0.2) is 46.8 Å². The van der Waals surface area contributed by atoms with Crippen molar-refractivity contribution in [1.82, 2.24) is 4.90 Å². The third-order valence-electron chi connectivity index (χ3n) is 4.66. The summed E-state index contributed by atoms with van der Waals surface area (Å²) in [6.45, 7) is 0.301. The molecule has 2 amide bonds. The molecule has 9 heteroatoms. The van der Waals surface area contributed by atoms with Crippen LogP contribution in [0.5, 0.6) is 0 Å². The molecule has 2 aliphatic rings. The van der Waals surface area contributed by atoms with Gasteiger partial charge in [-0.15, -0.1) is 0 Å². The number of cyclic esters (lactones) is 1. The van der Waals surface area contributed by atoms with E-state index in [0.717, 1.165) is 10.5 Å². The highest BCUT2D eigenvalue weighted by atomic mass is 16.7. The molecular formula is C19H15N3O6. The summed E-state index contributed by atoms with van der Waals surface area (Å²) >= 11 is 0. The SMILES string of the molecule is O=C1OCCN1C(=O)C1ON=C(c2ccc([N+](=O)[O-])cc2)C1c1ccccc1. The van der Waals surface area contributed by atoms with E-state index in [1.165, 1.54) is 12.1 Å². The molecule has 1 fully saturated rings. The zero-order chi connectivity index (χ0) is 19.7. The Kier molecular flexibility index (Phi) is 4.48. The van der Waals surface area contributed by atoms with E-state index in [9.17, 15) is 19.7 Å². The van der Waals surface area contributed by atoms with Gasteiger partial charge < -0.3 is 9.57 Å². The number of nitro groups is 1. The van der Waals surface area contributed by atoms with Crippen molar-refractivity contribution in [3.63, 3.8) is 0 Å². The topological polar surface area (TPSA) is 111 Å². The second-order valence-corrected chi connectivity index (χ2v) is 6.30. The van der Waals surface area contributed by atoms with Gasteiger partial charge in [0.05, 0.1) is 23.1 Å². The number of carbonyl (C=O) groups excluding carboxylic acids is 2. The Hall–Kier alpha value is -3.75. The standard InChI is InChI=1S/C19H15N3O6/c23-18(21-10-11-27-19(21)24)17-15(12-4-2-1-3-5-12)16(20-28-17)13-6-8-14(9-7-13)22(25)26/h1-9,15,17H,10-11H2. The smallest absolute Gasteiger partial charge is 0.416 e. The number of rotatable bonds is 4. The van der Waals surface area contributed by atoms with E-state index in [2.05, 4.69) is 5.16 Å². The van der Waals surface area contributed by atoms with E-state index in [1.807, 2.05) is 30.3 Å². The molecule has 142 valence electrons. The summed E-state index contributed by atoms with van der Waals surface area (Å²) in [5.74, 6) is -1.10. The van der Waals surface area contributed by atoms with Gasteiger partial charge in [0, 0.05) is 17.7 Å². The Labute approximate surface area is 159 Å². The normalized spacial score (nSPS) is 21.1. The first-order valence-corrected chi connectivity index (χ1v) is 8.58. The number of imide groups is 1. The van der Waals surface area contributed by atoms with Gasteiger partial charge in [0.1, 0.15) is 6.61 Å². The van der Waals surface area contributed by atoms with Gasteiger partial charge in [-0.3, -0.25) is 14.9 Å². The first-order valence-electron chi connectivity index (χ1n) is 8.58. The largest absolute Gasteiger partial charge is 0.447 e. The van der Waals surface area contributed by atoms with Crippen molar-refractivity contribution in [2.45, 2.75) is 12.0 Å². The van der Waals surface area contributed by atoms with Gasteiger partial charge in [0.2, 0.25) is 6.10 Å². The number of hydrogen-bond donors (Lipinski definition) is 0. The molecule has 0 saturated carbocycles. The second kappa shape index (κ2) is 7.10. The molecule has 2 aliphatic heterocycles. The summed E-state index contributed by atoms with van der Waals surface area (Å²) in [4.78, 5) is 41.6. The van der Waals surface area contributed by atoms with E-state index in [-0.39, 0.29) is 18.8 Å². The maximum Gasteiger partial charge on any atom is 0.416 e. The van der Waals surface area contributed by atoms with Crippen LogP contribution in [0.25, 0.3) is 0 Å². The van der Waals surface area contributed by atoms with Gasteiger partial charge in [-0.25, -0.2) is 9.69 Å². The summed E-state index contributed by atoms with van der Waals surface area (Å²) in [7, 11) is 0. The number of amides is 2. The van der Waals surface area contributed by atoms with Crippen molar-refractivity contribution < 1.29 is 24.1 Å². The Bertz CT molecular complexity index is 957. The summed E-state index contributed by atoms with van der Waals surface area (Å²) in [5, 5.41) is 15.0. The van der Waals surface area contributed by atoms with Crippen LogP contribution >= 0.6 is 0 Å². The lowest BCUT2D eigenvalue weighted by molar-refractivity contribution is -0.384. The molecule has 2 aromatic carbocycles. The van der Waals surface area contributed by atoms with Crippen LogP contribution in [0.15, 0.2) is 59.8 Å². The minimum atomic E-state index is -1.03. The quantitative estimate of drug-likeness (QED) is 0.594. The molecule has 2 atom stereocenters. The van der Waals surface area contributed by atoms with Gasteiger partial charge in [0.15, 0.2) is 0 Å². The highest BCUT2D eigenvalue weighted by Gasteiger charge is 2.45. The second-order valence-electron chi connectivity index (χ2n) is 6.30. The molecule has 2 unspecified atom stereocenters. The van der Waals surface area contributed by atoms with Crippen LogP contribution < -0.4 is 0 Å². The Balaban J connectivity index is 1.69. The van der Waals surface area contributed by atoms with Gasteiger partial charge in [-0.2, -0.15) is 0 Å². The molecule has 4 rings (SSSR count). The Morgan fingerprint density at radius 1 is 1.14 bits per heavy atom. The fourth-order valence-corrected chi connectivity index (χ4v) is 3.29. The third-order valence-corrected chi connectivity index (χ3v) is 4.66. The Morgan fingerprint density at radius 2 is 1.86 bits per heavy atom. The maximum absolute atomic E-state index is 12.9. The van der Waals surface area contributed by atoms with E-state index < -0.39 is 28.9 Å². The number of nitrogens with zero attached hydrogens (tertiary/aromatic N) is 3. The van der Waals surface area contributed by atoms with E-state index in [1.54, 1.807) is 12.1 Å². The summed E-state index contributed by atoms with van der Waals surface area (Å²) in [6.07, 6.45) is -1.73. The lowest BCUT2D eigenvalue weighted by Crippen LogP contribution is -2.43. The van der Waals surface area contributed by atoms with E-state index in [0.29, 0.717) is 11.3 Å². The number of benzene rings is 2. The summed E-state index contributed by atoms with van der Waals surface area (Å²) in [5.41, 5.74) is 1.79. The Morgan fingerprint density at radius 3 is 2.46 bits per heavy atom. The number of ether oxygens (including phenoxy) is 1. The fraction of sp³-hybridized carbons (Fsp3) is 0.211. The average molecular weight is 381 g/mol.